The summed E-state index contributed by atoms with van der Waals surface area (Å²) in [6.45, 7) is 4.54. The Kier molecular flexibility index (Phi) is 6.06. The fraction of sp³-hybridized carbons (Fsp3) is 0.643. The number of hydrogen-bond donors (Lipinski definition) is 0. The van der Waals surface area contributed by atoms with Gasteiger partial charge < -0.3 is 0 Å². The van der Waals surface area contributed by atoms with E-state index in [0.29, 0.717) is 0 Å². The molecule has 1 unspecified atom stereocenters. The monoisotopic (exact) mass is 205 g/mol. The molecule has 0 fully saturated rings. The molecule has 1 rings (SSSR count). The predicted molar refractivity (Wildman–Crippen MR) is 65.9 cm³/mol. The average molecular weight is 205 g/mol. The highest BCUT2D eigenvalue weighted by Gasteiger charge is 2.08. The fourth-order valence-corrected chi connectivity index (χ4v) is 2.06. The lowest BCUT2D eigenvalue weighted by atomic mass is 9.92. The smallest absolute Gasteiger partial charge is 0.0406 e. The van der Waals surface area contributed by atoms with E-state index in [0.717, 1.165) is 12.3 Å². The summed E-state index contributed by atoms with van der Waals surface area (Å²) in [5, 5.41) is 0. The van der Waals surface area contributed by atoms with Gasteiger partial charge in [-0.25, -0.2) is 0 Å². The van der Waals surface area contributed by atoms with Crippen LogP contribution in [0.15, 0.2) is 24.4 Å². The Morgan fingerprint density at radius 2 is 2.00 bits per heavy atom. The van der Waals surface area contributed by atoms with Crippen molar-refractivity contribution in [1.82, 2.24) is 4.98 Å². The molecule has 0 saturated carbocycles. The Morgan fingerprint density at radius 3 is 2.60 bits per heavy atom. The van der Waals surface area contributed by atoms with Crippen molar-refractivity contribution in [2.24, 2.45) is 5.92 Å². The quantitative estimate of drug-likeness (QED) is 0.649. The highest BCUT2D eigenvalue weighted by atomic mass is 14.7. The number of aromatic nitrogens is 1. The standard InChI is InChI=1S/C14H23N/c1-3-5-9-13(8-4-2)12-14-10-6-7-11-15-14/h6-7,10-11,13H,3-5,8-9,12H2,1-2H3. The van der Waals surface area contributed by atoms with Gasteiger partial charge in [-0.1, -0.05) is 52.0 Å². The van der Waals surface area contributed by atoms with Crippen LogP contribution in [-0.2, 0) is 6.42 Å². The first-order valence-electron chi connectivity index (χ1n) is 6.26. The van der Waals surface area contributed by atoms with Crippen LogP contribution in [-0.4, -0.2) is 4.98 Å². The molecule has 1 heteroatoms. The van der Waals surface area contributed by atoms with Crippen molar-refractivity contribution in [3.8, 4) is 0 Å². The second kappa shape index (κ2) is 7.44. The minimum absolute atomic E-state index is 0.838. The molecular weight excluding hydrogens is 182 g/mol. The molecule has 1 aromatic heterocycles. The van der Waals surface area contributed by atoms with E-state index in [1.54, 1.807) is 0 Å². The molecule has 1 atom stereocenters. The van der Waals surface area contributed by atoms with Crippen molar-refractivity contribution in [2.75, 3.05) is 0 Å². The molecule has 0 radical (unpaired) electrons. The summed E-state index contributed by atoms with van der Waals surface area (Å²) in [7, 11) is 0. The van der Waals surface area contributed by atoms with E-state index in [4.69, 9.17) is 0 Å². The minimum atomic E-state index is 0.838. The van der Waals surface area contributed by atoms with Gasteiger partial charge in [-0.3, -0.25) is 4.98 Å². The van der Waals surface area contributed by atoms with Gasteiger partial charge >= 0.3 is 0 Å². The number of nitrogens with zero attached hydrogens (tertiary/aromatic N) is 1. The van der Waals surface area contributed by atoms with Crippen molar-refractivity contribution >= 4 is 0 Å². The third kappa shape index (κ3) is 4.96. The predicted octanol–water partition coefficient (Wildman–Crippen LogP) is 4.23. The Balaban J connectivity index is 2.43. The van der Waals surface area contributed by atoms with Gasteiger partial charge in [0.1, 0.15) is 0 Å². The molecule has 0 aliphatic heterocycles. The molecule has 15 heavy (non-hydrogen) atoms. The minimum Gasteiger partial charge on any atom is -0.261 e. The topological polar surface area (TPSA) is 12.9 Å². The number of pyridine rings is 1. The summed E-state index contributed by atoms with van der Waals surface area (Å²) in [6, 6.07) is 6.23. The van der Waals surface area contributed by atoms with Gasteiger partial charge in [0.05, 0.1) is 0 Å². The van der Waals surface area contributed by atoms with Crippen LogP contribution in [0.2, 0.25) is 0 Å². The first-order valence-corrected chi connectivity index (χ1v) is 6.26. The van der Waals surface area contributed by atoms with E-state index in [2.05, 4.69) is 31.0 Å². The van der Waals surface area contributed by atoms with Crippen LogP contribution >= 0.6 is 0 Å². The van der Waals surface area contributed by atoms with Crippen molar-refractivity contribution in [1.29, 1.82) is 0 Å². The van der Waals surface area contributed by atoms with Gasteiger partial charge in [0.25, 0.3) is 0 Å². The van der Waals surface area contributed by atoms with Gasteiger partial charge in [0, 0.05) is 11.9 Å². The Hall–Kier alpha value is -0.850. The molecule has 0 saturated heterocycles. The van der Waals surface area contributed by atoms with Gasteiger partial charge in [0.2, 0.25) is 0 Å². The molecule has 0 spiro atoms. The molecule has 0 aliphatic carbocycles. The van der Waals surface area contributed by atoms with Crippen LogP contribution in [0.5, 0.6) is 0 Å². The maximum atomic E-state index is 4.41. The third-order valence-electron chi connectivity index (χ3n) is 2.89. The van der Waals surface area contributed by atoms with Crippen LogP contribution in [0, 0.1) is 5.92 Å². The van der Waals surface area contributed by atoms with Gasteiger partial charge in [0.15, 0.2) is 0 Å². The zero-order chi connectivity index (χ0) is 10.9. The zero-order valence-corrected chi connectivity index (χ0v) is 10.1. The lowest BCUT2D eigenvalue weighted by Crippen LogP contribution is -2.05. The van der Waals surface area contributed by atoms with Gasteiger partial charge in [-0.05, 0) is 24.5 Å². The summed E-state index contributed by atoms with van der Waals surface area (Å²) in [6.07, 6.45) is 9.73. The Morgan fingerprint density at radius 1 is 1.13 bits per heavy atom. The highest BCUT2D eigenvalue weighted by molar-refractivity contribution is 5.04. The van der Waals surface area contributed by atoms with Crippen LogP contribution in [0.25, 0.3) is 0 Å². The molecule has 84 valence electrons. The second-order valence-corrected chi connectivity index (χ2v) is 4.32. The van der Waals surface area contributed by atoms with E-state index >= 15 is 0 Å². The summed E-state index contributed by atoms with van der Waals surface area (Å²) in [5.74, 6) is 0.838. The lowest BCUT2D eigenvalue weighted by molar-refractivity contribution is 0.423. The van der Waals surface area contributed by atoms with E-state index in [9.17, 15) is 0 Å². The summed E-state index contributed by atoms with van der Waals surface area (Å²) < 4.78 is 0. The van der Waals surface area contributed by atoms with E-state index in [1.165, 1.54) is 37.8 Å². The molecule has 0 amide bonds. The molecule has 1 nitrogen and oxygen atoms in total. The molecule has 0 bridgehead atoms. The summed E-state index contributed by atoms with van der Waals surface area (Å²) in [4.78, 5) is 4.41. The van der Waals surface area contributed by atoms with Crippen molar-refractivity contribution in [3.05, 3.63) is 30.1 Å². The lowest BCUT2D eigenvalue weighted by Gasteiger charge is -2.14. The first kappa shape index (κ1) is 12.2. The normalized spacial score (nSPS) is 12.7. The maximum Gasteiger partial charge on any atom is 0.0406 e. The van der Waals surface area contributed by atoms with Crippen LogP contribution < -0.4 is 0 Å². The summed E-state index contributed by atoms with van der Waals surface area (Å²) in [5.41, 5.74) is 1.26. The number of rotatable bonds is 7. The van der Waals surface area contributed by atoms with Gasteiger partial charge in [-0.15, -0.1) is 0 Å². The van der Waals surface area contributed by atoms with Crippen molar-refractivity contribution in [3.63, 3.8) is 0 Å². The fourth-order valence-electron chi connectivity index (χ4n) is 2.06. The highest BCUT2D eigenvalue weighted by Crippen LogP contribution is 2.19. The van der Waals surface area contributed by atoms with E-state index < -0.39 is 0 Å². The molecule has 1 aromatic rings. The molecule has 0 N–H and O–H groups in total. The van der Waals surface area contributed by atoms with Crippen LogP contribution in [0.1, 0.15) is 51.6 Å². The van der Waals surface area contributed by atoms with Crippen LogP contribution in [0.3, 0.4) is 0 Å². The first-order chi connectivity index (χ1) is 7.36. The maximum absolute atomic E-state index is 4.41. The SMILES string of the molecule is CCCCC(CCC)Cc1ccccn1. The number of hydrogen-bond acceptors (Lipinski definition) is 1. The average Bonchev–Trinajstić information content (AvgIpc) is 2.28. The molecule has 0 aliphatic rings. The van der Waals surface area contributed by atoms with Crippen molar-refractivity contribution < 1.29 is 0 Å². The second-order valence-electron chi connectivity index (χ2n) is 4.32. The van der Waals surface area contributed by atoms with Crippen molar-refractivity contribution in [2.45, 2.75) is 52.4 Å². The van der Waals surface area contributed by atoms with Crippen LogP contribution in [0.4, 0.5) is 0 Å². The summed E-state index contributed by atoms with van der Waals surface area (Å²) >= 11 is 0. The third-order valence-corrected chi connectivity index (χ3v) is 2.89. The zero-order valence-electron chi connectivity index (χ0n) is 10.1. The van der Waals surface area contributed by atoms with E-state index in [-0.39, 0.29) is 0 Å². The largest absolute Gasteiger partial charge is 0.261 e. The molecule has 0 aromatic carbocycles. The number of unbranched alkanes of at least 4 members (excludes halogenated alkanes) is 1. The Bertz CT molecular complexity index is 243. The van der Waals surface area contributed by atoms with E-state index in [1.807, 2.05) is 12.3 Å². The Labute approximate surface area is 93.9 Å². The van der Waals surface area contributed by atoms with Gasteiger partial charge in [-0.2, -0.15) is 0 Å². The molecule has 1 heterocycles. The molecular formula is C14H23N.